The number of carbonyl (C=O) groups excluding carboxylic acids is 2. The molecule has 0 bridgehead atoms. The van der Waals surface area contributed by atoms with Gasteiger partial charge in [0.05, 0.1) is 17.8 Å². The van der Waals surface area contributed by atoms with Crippen LogP contribution in [0, 0.1) is 0 Å². The lowest BCUT2D eigenvalue weighted by molar-refractivity contribution is -0.122. The summed E-state index contributed by atoms with van der Waals surface area (Å²) in [6, 6.07) is 18.0. The Labute approximate surface area is 190 Å². The molecule has 168 valence electrons. The maximum atomic E-state index is 12.3. The Hall–Kier alpha value is -4.20. The van der Waals surface area contributed by atoms with Crippen LogP contribution in [0.15, 0.2) is 66.9 Å². The van der Waals surface area contributed by atoms with Crippen molar-refractivity contribution in [3.8, 4) is 11.1 Å². The number of rotatable bonds is 7. The second-order valence-corrected chi connectivity index (χ2v) is 7.75. The molecule has 0 aliphatic heterocycles. The Balaban J connectivity index is 1.30. The van der Waals surface area contributed by atoms with Crippen molar-refractivity contribution in [3.63, 3.8) is 0 Å². The smallest absolute Gasteiger partial charge is 0.407 e. The average molecular weight is 445 g/mol. The number of nitrogens with one attached hydrogen (secondary N) is 2. The van der Waals surface area contributed by atoms with Crippen LogP contribution < -0.4 is 10.6 Å². The minimum Gasteiger partial charge on any atom is -0.478 e. The molecule has 4 rings (SSSR count). The fraction of sp³-hybridized carbons (Fsp3) is 0.200. The molecule has 2 amide bonds. The van der Waals surface area contributed by atoms with Gasteiger partial charge in [0.25, 0.3) is 0 Å². The number of aromatic nitrogens is 1. The Morgan fingerprint density at radius 3 is 2.30 bits per heavy atom. The molecule has 1 heterocycles. The van der Waals surface area contributed by atoms with Gasteiger partial charge in [-0.3, -0.25) is 9.78 Å². The van der Waals surface area contributed by atoms with Crippen LogP contribution in [0.5, 0.6) is 0 Å². The SMILES string of the molecule is CC(NC(=O)OCC1c2ccccc2-c2ccccc21)C(=O)NCc1cc(C(=O)O)ccn1. The van der Waals surface area contributed by atoms with Gasteiger partial charge in [0.1, 0.15) is 12.6 Å². The molecular formula is C25H23N3O5. The summed E-state index contributed by atoms with van der Waals surface area (Å²) < 4.78 is 5.46. The quantitative estimate of drug-likeness (QED) is 0.514. The number of carboxylic acid groups (broad SMARTS) is 1. The fourth-order valence-electron chi connectivity index (χ4n) is 3.92. The van der Waals surface area contributed by atoms with Gasteiger partial charge in [0, 0.05) is 12.1 Å². The van der Waals surface area contributed by atoms with Crippen LogP contribution in [0.1, 0.15) is 40.0 Å². The Morgan fingerprint density at radius 1 is 1.03 bits per heavy atom. The fourth-order valence-corrected chi connectivity index (χ4v) is 3.92. The molecule has 1 aliphatic carbocycles. The van der Waals surface area contributed by atoms with Crippen molar-refractivity contribution in [2.24, 2.45) is 0 Å². The molecule has 0 saturated carbocycles. The van der Waals surface area contributed by atoms with Crippen LogP contribution in [0.2, 0.25) is 0 Å². The second-order valence-electron chi connectivity index (χ2n) is 7.75. The number of carbonyl (C=O) groups is 3. The van der Waals surface area contributed by atoms with Crippen molar-refractivity contribution >= 4 is 18.0 Å². The predicted molar refractivity (Wildman–Crippen MR) is 121 cm³/mol. The minimum atomic E-state index is -1.07. The minimum absolute atomic E-state index is 0.0384. The Morgan fingerprint density at radius 2 is 1.67 bits per heavy atom. The maximum absolute atomic E-state index is 12.3. The van der Waals surface area contributed by atoms with Gasteiger partial charge >= 0.3 is 12.1 Å². The number of ether oxygens (including phenoxy) is 1. The number of benzene rings is 2. The van der Waals surface area contributed by atoms with Gasteiger partial charge < -0.3 is 20.5 Å². The highest BCUT2D eigenvalue weighted by atomic mass is 16.5. The van der Waals surface area contributed by atoms with Gasteiger partial charge in [-0.25, -0.2) is 9.59 Å². The number of aromatic carboxylic acids is 1. The number of fused-ring (bicyclic) bond motifs is 3. The van der Waals surface area contributed by atoms with Crippen LogP contribution in [0.4, 0.5) is 4.79 Å². The molecule has 0 spiro atoms. The van der Waals surface area contributed by atoms with Crippen LogP contribution in [-0.2, 0) is 16.1 Å². The number of alkyl carbamates (subject to hydrolysis) is 1. The first-order valence-electron chi connectivity index (χ1n) is 10.5. The zero-order valence-electron chi connectivity index (χ0n) is 17.9. The van der Waals surface area contributed by atoms with Gasteiger partial charge in [-0.1, -0.05) is 48.5 Å². The van der Waals surface area contributed by atoms with Crippen molar-refractivity contribution in [2.45, 2.75) is 25.4 Å². The number of hydrogen-bond donors (Lipinski definition) is 3. The normalized spacial score (nSPS) is 12.9. The van der Waals surface area contributed by atoms with Gasteiger partial charge in [-0.05, 0) is 41.3 Å². The zero-order chi connectivity index (χ0) is 23.4. The molecule has 0 saturated heterocycles. The molecular weight excluding hydrogens is 422 g/mol. The molecule has 0 fully saturated rings. The molecule has 0 radical (unpaired) electrons. The highest BCUT2D eigenvalue weighted by Gasteiger charge is 2.29. The molecule has 8 heteroatoms. The first-order valence-corrected chi connectivity index (χ1v) is 10.5. The highest BCUT2D eigenvalue weighted by molar-refractivity contribution is 5.88. The predicted octanol–water partition coefficient (Wildman–Crippen LogP) is 3.32. The Bertz CT molecular complexity index is 1160. The van der Waals surface area contributed by atoms with E-state index < -0.39 is 24.0 Å². The first kappa shape index (κ1) is 22.0. The number of pyridine rings is 1. The summed E-state index contributed by atoms with van der Waals surface area (Å²) in [4.78, 5) is 39.7. The van der Waals surface area contributed by atoms with E-state index in [1.807, 2.05) is 36.4 Å². The lowest BCUT2D eigenvalue weighted by atomic mass is 9.98. The van der Waals surface area contributed by atoms with Crippen molar-refractivity contribution < 1.29 is 24.2 Å². The van der Waals surface area contributed by atoms with Crippen LogP contribution in [0.3, 0.4) is 0 Å². The molecule has 1 atom stereocenters. The molecule has 1 aromatic heterocycles. The van der Waals surface area contributed by atoms with E-state index in [0.717, 1.165) is 22.3 Å². The summed E-state index contributed by atoms with van der Waals surface area (Å²) in [5, 5.41) is 14.2. The summed E-state index contributed by atoms with van der Waals surface area (Å²) in [6.07, 6.45) is 0.675. The van der Waals surface area contributed by atoms with Crippen molar-refractivity contribution in [2.75, 3.05) is 6.61 Å². The largest absolute Gasteiger partial charge is 0.478 e. The van der Waals surface area contributed by atoms with Crippen LogP contribution in [0.25, 0.3) is 11.1 Å². The van der Waals surface area contributed by atoms with Crippen LogP contribution in [-0.4, -0.2) is 40.7 Å². The number of amides is 2. The monoisotopic (exact) mass is 445 g/mol. The number of hydrogen-bond acceptors (Lipinski definition) is 5. The highest BCUT2D eigenvalue weighted by Crippen LogP contribution is 2.44. The lowest BCUT2D eigenvalue weighted by Crippen LogP contribution is -2.45. The topological polar surface area (TPSA) is 118 Å². The first-order chi connectivity index (χ1) is 15.9. The van der Waals surface area contributed by atoms with Gasteiger partial charge in [-0.15, -0.1) is 0 Å². The van der Waals surface area contributed by atoms with E-state index in [9.17, 15) is 14.4 Å². The third-order valence-corrected chi connectivity index (χ3v) is 5.58. The summed E-state index contributed by atoms with van der Waals surface area (Å²) in [5.41, 5.74) is 4.96. The lowest BCUT2D eigenvalue weighted by Gasteiger charge is -2.17. The number of carboxylic acids is 1. The molecule has 3 N–H and O–H groups in total. The van der Waals surface area contributed by atoms with Crippen LogP contribution >= 0.6 is 0 Å². The zero-order valence-corrected chi connectivity index (χ0v) is 17.9. The van der Waals surface area contributed by atoms with Gasteiger partial charge in [0.15, 0.2) is 0 Å². The van der Waals surface area contributed by atoms with E-state index in [1.165, 1.54) is 25.3 Å². The van der Waals surface area contributed by atoms with E-state index in [0.29, 0.717) is 5.69 Å². The summed E-state index contributed by atoms with van der Waals surface area (Å²) in [7, 11) is 0. The Kier molecular flexibility index (Phi) is 6.35. The molecule has 33 heavy (non-hydrogen) atoms. The summed E-state index contributed by atoms with van der Waals surface area (Å²) in [5.74, 6) is -1.58. The van der Waals surface area contributed by atoms with Crippen molar-refractivity contribution in [1.82, 2.24) is 15.6 Å². The standard InChI is InChI=1S/C25H23N3O5/c1-15(23(29)27-13-17-12-16(24(30)31)10-11-26-17)28-25(32)33-14-22-20-8-4-2-6-18(20)19-7-3-5-9-21(19)22/h2-12,15,22H,13-14H2,1H3,(H,27,29)(H,28,32)(H,30,31). The van der Waals surface area contributed by atoms with Crippen molar-refractivity contribution in [3.05, 3.63) is 89.2 Å². The van der Waals surface area contributed by atoms with E-state index in [2.05, 4.69) is 27.8 Å². The molecule has 2 aromatic carbocycles. The van der Waals surface area contributed by atoms with E-state index >= 15 is 0 Å². The summed E-state index contributed by atoms with van der Waals surface area (Å²) >= 11 is 0. The molecule has 3 aromatic rings. The third kappa shape index (κ3) is 4.85. The molecule has 1 unspecified atom stereocenters. The molecule has 1 aliphatic rings. The maximum Gasteiger partial charge on any atom is 0.407 e. The van der Waals surface area contributed by atoms with Gasteiger partial charge in [-0.2, -0.15) is 0 Å². The third-order valence-electron chi connectivity index (χ3n) is 5.58. The summed E-state index contributed by atoms with van der Waals surface area (Å²) in [6.45, 7) is 1.73. The number of nitrogens with zero attached hydrogens (tertiary/aromatic N) is 1. The van der Waals surface area contributed by atoms with E-state index in [4.69, 9.17) is 9.84 Å². The molecule has 8 nitrogen and oxygen atoms in total. The van der Waals surface area contributed by atoms with E-state index in [-0.39, 0.29) is 24.6 Å². The van der Waals surface area contributed by atoms with Gasteiger partial charge in [0.2, 0.25) is 5.91 Å². The average Bonchev–Trinajstić information content (AvgIpc) is 3.15. The second kappa shape index (κ2) is 9.52. The van der Waals surface area contributed by atoms with E-state index in [1.54, 1.807) is 0 Å². The van der Waals surface area contributed by atoms with Crippen molar-refractivity contribution in [1.29, 1.82) is 0 Å².